The maximum atomic E-state index is 2.59. The highest BCUT2D eigenvalue weighted by atomic mass is 15.1. The normalized spacial score (nSPS) is 30.5. The lowest BCUT2D eigenvalue weighted by Gasteiger charge is -2.61. The second-order valence-electron chi connectivity index (χ2n) is 22.9. The first kappa shape index (κ1) is 37.9. The van der Waals surface area contributed by atoms with Gasteiger partial charge in [-0.15, -0.1) is 0 Å². The molecule has 10 aliphatic carbocycles. The minimum Gasteiger partial charge on any atom is -0.310 e. The average Bonchev–Trinajstić information content (AvgIpc) is 3.83. The minimum atomic E-state index is 0.153. The highest BCUT2D eigenvalue weighted by Gasteiger charge is 2.63. The maximum Gasteiger partial charge on any atom is 0.0540 e. The largest absolute Gasteiger partial charge is 0.310 e. The Kier molecular flexibility index (Phi) is 7.75. The SMILES string of the molecule is c1ccc(-c2ccc(N(c3ccc4c(c3)-c3ccccc3[C@]43[C@@H]4CC5C[C@@H](C4)C[C@@H]3C5)c3ccc(-c4ccc5c(c4)-c4ccccc4[C@]54[C@H]5CC6C[C@H](C5)C[C@H]4C6)c4ccccc34)cc2)cc1. The van der Waals surface area contributed by atoms with Gasteiger partial charge in [-0.05, 0) is 220 Å². The average molecular weight is 864 g/mol. The third kappa shape index (κ3) is 5.01. The van der Waals surface area contributed by atoms with Gasteiger partial charge in [-0.25, -0.2) is 0 Å². The van der Waals surface area contributed by atoms with Crippen LogP contribution >= 0.6 is 0 Å². The van der Waals surface area contributed by atoms with Crippen molar-refractivity contribution in [1.29, 1.82) is 0 Å². The molecule has 0 atom stereocenters. The van der Waals surface area contributed by atoms with Crippen LogP contribution in [0.5, 0.6) is 0 Å². The molecule has 1 heteroatoms. The zero-order valence-corrected chi connectivity index (χ0v) is 38.4. The summed E-state index contributed by atoms with van der Waals surface area (Å²) in [5.41, 5.74) is 21.5. The molecular weight excluding hydrogens is 807 g/mol. The molecule has 8 aromatic rings. The summed E-state index contributed by atoms with van der Waals surface area (Å²) in [4.78, 5) is 2.57. The summed E-state index contributed by atoms with van der Waals surface area (Å²) in [6.07, 6.45) is 14.2. The van der Waals surface area contributed by atoms with Crippen LogP contribution in [0, 0.1) is 47.3 Å². The van der Waals surface area contributed by atoms with E-state index in [1.54, 1.807) is 22.3 Å². The van der Waals surface area contributed by atoms with Gasteiger partial charge >= 0.3 is 0 Å². The van der Waals surface area contributed by atoms with E-state index in [2.05, 4.69) is 181 Å². The molecule has 8 fully saturated rings. The lowest BCUT2D eigenvalue weighted by Crippen LogP contribution is -2.55. The molecule has 0 aliphatic heterocycles. The van der Waals surface area contributed by atoms with E-state index in [-0.39, 0.29) is 10.8 Å². The summed E-state index contributed by atoms with van der Waals surface area (Å²) in [5.74, 6) is 6.80. The van der Waals surface area contributed by atoms with Gasteiger partial charge < -0.3 is 4.90 Å². The molecule has 0 unspecified atom stereocenters. The van der Waals surface area contributed by atoms with Crippen molar-refractivity contribution in [2.45, 2.75) is 75.0 Å². The zero-order chi connectivity index (χ0) is 43.6. The van der Waals surface area contributed by atoms with Crippen molar-refractivity contribution >= 4 is 27.8 Å². The number of hydrogen-bond acceptors (Lipinski definition) is 1. The van der Waals surface area contributed by atoms with Crippen LogP contribution < -0.4 is 4.90 Å². The van der Waals surface area contributed by atoms with Gasteiger partial charge in [0.15, 0.2) is 0 Å². The minimum absolute atomic E-state index is 0.153. The molecule has 326 valence electrons. The first-order chi connectivity index (χ1) is 33.1. The van der Waals surface area contributed by atoms with Gasteiger partial charge in [-0.3, -0.25) is 0 Å². The van der Waals surface area contributed by atoms with Crippen LogP contribution in [0.1, 0.15) is 86.5 Å². The number of rotatable bonds is 5. The first-order valence-electron chi connectivity index (χ1n) is 26.1. The molecule has 0 radical (unpaired) electrons. The van der Waals surface area contributed by atoms with Crippen LogP contribution in [0.4, 0.5) is 17.1 Å². The van der Waals surface area contributed by atoms with Gasteiger partial charge in [0.2, 0.25) is 0 Å². The van der Waals surface area contributed by atoms with E-state index in [4.69, 9.17) is 0 Å². The predicted octanol–water partition coefficient (Wildman–Crippen LogP) is 17.1. The standard InChI is InChI=1S/C66H57N/c1-2-10-44(11-3-1)45-18-21-51(22-19-45)67(52-23-26-63-59(39-52)56-14-7-9-17-61(56)66(63)49-34-42-29-43(36-49)37-50(66)35-42)64-27-24-53(54-12-4-5-15-57(54)64)46-20-25-62-58(38-46)55-13-6-8-16-60(55)65(62)47-30-40-28-41(32-47)33-48(65)31-40/h1-27,38-43,47-50H,28-37H2/t40-,41?,42-,43?,47-,48+,49-,50+,65-,66+. The lowest BCUT2D eigenvalue weighted by atomic mass is 9.43. The third-order valence-corrected chi connectivity index (χ3v) is 20.0. The number of nitrogens with zero attached hydrogens (tertiary/aromatic N) is 1. The van der Waals surface area contributed by atoms with E-state index in [0.29, 0.717) is 0 Å². The van der Waals surface area contributed by atoms with Gasteiger partial charge in [-0.1, -0.05) is 140 Å². The fraction of sp³-hybridized carbons (Fsp3) is 0.303. The highest BCUT2D eigenvalue weighted by molar-refractivity contribution is 6.07. The molecule has 67 heavy (non-hydrogen) atoms. The van der Waals surface area contributed by atoms with Crippen molar-refractivity contribution in [3.63, 3.8) is 0 Å². The van der Waals surface area contributed by atoms with Crippen molar-refractivity contribution in [2.75, 3.05) is 4.90 Å². The van der Waals surface area contributed by atoms with E-state index in [0.717, 1.165) is 47.3 Å². The molecule has 0 amide bonds. The zero-order valence-electron chi connectivity index (χ0n) is 38.4. The molecule has 0 saturated heterocycles. The smallest absolute Gasteiger partial charge is 0.0540 e. The fourth-order valence-corrected chi connectivity index (χ4v) is 18.2. The van der Waals surface area contributed by atoms with Crippen molar-refractivity contribution in [3.8, 4) is 44.5 Å². The molecule has 2 spiro atoms. The summed E-state index contributed by atoms with van der Waals surface area (Å²) < 4.78 is 0. The van der Waals surface area contributed by atoms with Gasteiger partial charge in [0.25, 0.3) is 0 Å². The van der Waals surface area contributed by atoms with Crippen LogP contribution in [-0.2, 0) is 10.8 Å². The lowest BCUT2D eigenvalue weighted by molar-refractivity contribution is -0.0399. The fourth-order valence-electron chi connectivity index (χ4n) is 18.2. The van der Waals surface area contributed by atoms with Crippen molar-refractivity contribution < 1.29 is 0 Å². The van der Waals surface area contributed by atoms with E-state index < -0.39 is 0 Å². The Labute approximate surface area is 395 Å². The van der Waals surface area contributed by atoms with Crippen molar-refractivity contribution in [2.24, 2.45) is 47.3 Å². The van der Waals surface area contributed by atoms with E-state index in [1.807, 2.05) is 0 Å². The predicted molar refractivity (Wildman–Crippen MR) is 276 cm³/mol. The second-order valence-corrected chi connectivity index (χ2v) is 22.9. The quantitative estimate of drug-likeness (QED) is 0.167. The van der Waals surface area contributed by atoms with E-state index >= 15 is 0 Å². The summed E-state index contributed by atoms with van der Waals surface area (Å²) in [7, 11) is 0. The summed E-state index contributed by atoms with van der Waals surface area (Å²) in [6.45, 7) is 0. The number of benzene rings is 8. The van der Waals surface area contributed by atoms with Gasteiger partial charge in [0.05, 0.1) is 5.69 Å². The van der Waals surface area contributed by atoms with Crippen LogP contribution in [0.2, 0.25) is 0 Å². The second kappa shape index (κ2) is 13.7. The van der Waals surface area contributed by atoms with Crippen molar-refractivity contribution in [1.82, 2.24) is 0 Å². The van der Waals surface area contributed by atoms with Gasteiger partial charge in [-0.2, -0.15) is 0 Å². The molecule has 0 N–H and O–H groups in total. The first-order valence-corrected chi connectivity index (χ1v) is 26.1. The van der Waals surface area contributed by atoms with Gasteiger partial charge in [0.1, 0.15) is 0 Å². The third-order valence-electron chi connectivity index (χ3n) is 20.0. The monoisotopic (exact) mass is 863 g/mol. The Morgan fingerprint density at radius 2 is 0.746 bits per heavy atom. The molecule has 10 aliphatic rings. The topological polar surface area (TPSA) is 3.24 Å². The van der Waals surface area contributed by atoms with Gasteiger partial charge in [0, 0.05) is 27.6 Å². The van der Waals surface area contributed by atoms with E-state index in [9.17, 15) is 0 Å². The Bertz CT molecular complexity index is 3280. The molecule has 8 saturated carbocycles. The summed E-state index contributed by atoms with van der Waals surface area (Å²) in [6, 6.07) is 68.8. The van der Waals surface area contributed by atoms with Crippen molar-refractivity contribution in [3.05, 3.63) is 198 Å². The Hall–Kier alpha value is -6.18. The molecule has 8 bridgehead atoms. The molecule has 1 nitrogen and oxygen atoms in total. The van der Waals surface area contributed by atoms with Crippen LogP contribution in [0.3, 0.4) is 0 Å². The van der Waals surface area contributed by atoms with E-state index in [1.165, 1.54) is 137 Å². The molecular formula is C66H57N. The maximum absolute atomic E-state index is 2.59. The molecule has 0 heterocycles. The summed E-state index contributed by atoms with van der Waals surface area (Å²) in [5, 5.41) is 2.59. The Balaban J connectivity index is 0.858. The highest BCUT2D eigenvalue weighted by Crippen LogP contribution is 2.71. The molecule has 8 aromatic carbocycles. The van der Waals surface area contributed by atoms with Crippen LogP contribution in [0.15, 0.2) is 176 Å². The summed E-state index contributed by atoms with van der Waals surface area (Å²) >= 11 is 0. The Morgan fingerprint density at radius 1 is 0.299 bits per heavy atom. The number of hydrogen-bond donors (Lipinski definition) is 0. The van der Waals surface area contributed by atoms with Crippen LogP contribution in [0.25, 0.3) is 55.3 Å². The number of fused-ring (bicyclic) bond motifs is 7. The molecule has 0 aromatic heterocycles. The molecule has 18 rings (SSSR count). The van der Waals surface area contributed by atoms with Crippen LogP contribution in [-0.4, -0.2) is 0 Å². The Morgan fingerprint density at radius 3 is 1.34 bits per heavy atom. The number of anilines is 3.